The number of carbonyl (C=O) groups excluding carboxylic acids is 2. The summed E-state index contributed by atoms with van der Waals surface area (Å²) in [7, 11) is 0. The van der Waals surface area contributed by atoms with Crippen LogP contribution < -0.4 is 15.8 Å². The number of alkyl halides is 3. The van der Waals surface area contributed by atoms with E-state index in [4.69, 9.17) is 10.6 Å². The molecule has 2 aliphatic rings. The normalized spacial score (nSPS) is 20.3. The highest BCUT2D eigenvalue weighted by Crippen LogP contribution is 2.46. The molecule has 0 radical (unpaired) electrons. The van der Waals surface area contributed by atoms with Crippen LogP contribution >= 0.6 is 0 Å². The first-order valence-corrected chi connectivity index (χ1v) is 10.7. The highest BCUT2D eigenvalue weighted by Gasteiger charge is 2.48. The van der Waals surface area contributed by atoms with Crippen LogP contribution in [0, 0.1) is 10.8 Å². The first-order valence-electron chi connectivity index (χ1n) is 10.7. The Balaban J connectivity index is 1.97. The Kier molecular flexibility index (Phi) is 7.15. The van der Waals surface area contributed by atoms with E-state index >= 15 is 0 Å². The number of morpholine rings is 1. The first kappa shape index (κ1) is 25.1. The van der Waals surface area contributed by atoms with Crippen molar-refractivity contribution in [2.45, 2.75) is 45.7 Å². The molecule has 10 nitrogen and oxygen atoms in total. The molecular formula is C20H29F3N6O4. The van der Waals surface area contributed by atoms with E-state index in [1.54, 1.807) is 4.90 Å². The molecule has 0 aromatic carbocycles. The third kappa shape index (κ3) is 5.71. The minimum absolute atomic E-state index is 0.0191. The van der Waals surface area contributed by atoms with Gasteiger partial charge in [-0.05, 0) is 31.1 Å². The molecule has 0 spiro atoms. The second kappa shape index (κ2) is 9.39. The van der Waals surface area contributed by atoms with Gasteiger partial charge in [0.2, 0.25) is 12.4 Å². The number of rotatable bonds is 6. The van der Waals surface area contributed by atoms with Gasteiger partial charge in [0.05, 0.1) is 25.2 Å². The van der Waals surface area contributed by atoms with Crippen molar-refractivity contribution in [1.29, 1.82) is 0 Å². The van der Waals surface area contributed by atoms with Gasteiger partial charge in [0, 0.05) is 19.2 Å². The van der Waals surface area contributed by atoms with Gasteiger partial charge in [-0.15, -0.1) is 0 Å². The molecule has 0 bridgehead atoms. The van der Waals surface area contributed by atoms with Crippen molar-refractivity contribution in [3.63, 3.8) is 0 Å². The summed E-state index contributed by atoms with van der Waals surface area (Å²) in [5.41, 5.74) is -2.58. The molecule has 2 heterocycles. The lowest BCUT2D eigenvalue weighted by atomic mass is 9.64. The van der Waals surface area contributed by atoms with Crippen LogP contribution in [0.25, 0.3) is 0 Å². The van der Waals surface area contributed by atoms with Crippen LogP contribution in [-0.4, -0.2) is 65.4 Å². The Morgan fingerprint density at radius 1 is 1.24 bits per heavy atom. The fourth-order valence-electron chi connectivity index (χ4n) is 4.17. The minimum atomic E-state index is -4.78. The van der Waals surface area contributed by atoms with Gasteiger partial charge >= 0.3 is 6.18 Å². The van der Waals surface area contributed by atoms with E-state index in [0.29, 0.717) is 49.2 Å². The standard InChI is InChI=1S/C20H29F3N6O4/c1-18(2)3-5-19(6-4-18,12-28(32)13-30)16(31)29(24)17-25-14(20(21,22)23)11-15(26-17)27-7-9-33-10-8-27/h11,13,32H,3-10,12,24H2,1-2H3. The Hall–Kier alpha value is -2.51. The van der Waals surface area contributed by atoms with Gasteiger partial charge in [-0.1, -0.05) is 13.8 Å². The van der Waals surface area contributed by atoms with Crippen molar-refractivity contribution in [2.24, 2.45) is 16.7 Å². The van der Waals surface area contributed by atoms with E-state index < -0.39 is 29.1 Å². The van der Waals surface area contributed by atoms with E-state index in [-0.39, 0.29) is 37.0 Å². The largest absolute Gasteiger partial charge is 0.433 e. The molecule has 3 rings (SSSR count). The molecule has 0 atom stereocenters. The fourth-order valence-corrected chi connectivity index (χ4v) is 4.17. The van der Waals surface area contributed by atoms with Crippen molar-refractivity contribution >= 4 is 24.1 Å². The number of ether oxygens (including phenoxy) is 1. The predicted octanol–water partition coefficient (Wildman–Crippen LogP) is 1.97. The zero-order valence-electron chi connectivity index (χ0n) is 18.6. The molecule has 1 aliphatic heterocycles. The molecule has 1 saturated carbocycles. The Bertz CT molecular complexity index is 866. The first-order chi connectivity index (χ1) is 15.4. The van der Waals surface area contributed by atoms with Crippen LogP contribution in [0.5, 0.6) is 0 Å². The lowest BCUT2D eigenvalue weighted by Gasteiger charge is -2.44. The lowest BCUT2D eigenvalue weighted by Crippen LogP contribution is -2.55. The summed E-state index contributed by atoms with van der Waals surface area (Å²) < 4.78 is 45.9. The van der Waals surface area contributed by atoms with Crippen LogP contribution in [-0.2, 0) is 20.5 Å². The van der Waals surface area contributed by atoms with E-state index in [1.807, 2.05) is 13.8 Å². The Labute approximate surface area is 189 Å². The predicted molar refractivity (Wildman–Crippen MR) is 111 cm³/mol. The summed E-state index contributed by atoms with van der Waals surface area (Å²) in [6.45, 7) is 5.01. The van der Waals surface area contributed by atoms with Gasteiger partial charge < -0.3 is 9.64 Å². The summed E-state index contributed by atoms with van der Waals surface area (Å²) in [5.74, 6) is 4.63. The lowest BCUT2D eigenvalue weighted by molar-refractivity contribution is -0.163. The average Bonchev–Trinajstić information content (AvgIpc) is 2.79. The number of amides is 2. The van der Waals surface area contributed by atoms with E-state index in [1.165, 1.54) is 0 Å². The van der Waals surface area contributed by atoms with E-state index in [2.05, 4.69) is 9.97 Å². The average molecular weight is 474 g/mol. The maximum Gasteiger partial charge on any atom is 0.433 e. The van der Waals surface area contributed by atoms with Crippen molar-refractivity contribution in [2.75, 3.05) is 42.8 Å². The molecule has 2 fully saturated rings. The SMILES string of the molecule is CC1(C)CCC(CN(O)C=O)(C(=O)N(N)c2nc(N3CCOCC3)cc(C(F)(F)F)n2)CC1. The van der Waals surface area contributed by atoms with Gasteiger partial charge in [0.15, 0.2) is 5.69 Å². The second-order valence-electron chi connectivity index (χ2n) is 9.33. The number of halogens is 3. The fraction of sp³-hybridized carbons (Fsp3) is 0.700. The molecule has 13 heteroatoms. The van der Waals surface area contributed by atoms with Crippen molar-refractivity contribution < 1.29 is 32.7 Å². The van der Waals surface area contributed by atoms with Gasteiger partial charge in [-0.25, -0.2) is 20.9 Å². The number of hydrogen-bond donors (Lipinski definition) is 2. The van der Waals surface area contributed by atoms with Crippen molar-refractivity contribution in [3.05, 3.63) is 11.8 Å². The molecule has 3 N–H and O–H groups in total. The Morgan fingerprint density at radius 3 is 2.39 bits per heavy atom. The molecule has 1 aromatic rings. The maximum atomic E-state index is 13.6. The van der Waals surface area contributed by atoms with Gasteiger partial charge in [-0.3, -0.25) is 14.8 Å². The van der Waals surface area contributed by atoms with Crippen LogP contribution in [0.1, 0.15) is 45.2 Å². The minimum Gasteiger partial charge on any atom is -0.378 e. The number of anilines is 2. The number of nitrogens with two attached hydrogens (primary N) is 1. The zero-order chi connectivity index (χ0) is 24.4. The maximum absolute atomic E-state index is 13.6. The van der Waals surface area contributed by atoms with Crippen LogP contribution in [0.4, 0.5) is 24.9 Å². The zero-order valence-corrected chi connectivity index (χ0v) is 18.6. The molecule has 1 aliphatic carbocycles. The summed E-state index contributed by atoms with van der Waals surface area (Å²) >= 11 is 0. The number of nitrogens with zero attached hydrogens (tertiary/aromatic N) is 5. The van der Waals surface area contributed by atoms with Gasteiger partial charge in [0.25, 0.3) is 5.91 Å². The third-order valence-corrected chi connectivity index (χ3v) is 6.36. The molecule has 33 heavy (non-hydrogen) atoms. The highest BCUT2D eigenvalue weighted by atomic mass is 19.4. The van der Waals surface area contributed by atoms with E-state index in [9.17, 15) is 28.0 Å². The molecule has 184 valence electrons. The van der Waals surface area contributed by atoms with Gasteiger partial charge in [-0.2, -0.15) is 18.2 Å². The van der Waals surface area contributed by atoms with E-state index in [0.717, 1.165) is 6.07 Å². The number of aromatic nitrogens is 2. The quantitative estimate of drug-likeness (QED) is 0.211. The molecule has 1 saturated heterocycles. The summed E-state index contributed by atoms with van der Waals surface area (Å²) in [4.78, 5) is 33.8. The number of hydroxylamine groups is 2. The topological polar surface area (TPSA) is 125 Å². The van der Waals surface area contributed by atoms with Gasteiger partial charge in [0.1, 0.15) is 5.82 Å². The summed E-state index contributed by atoms with van der Waals surface area (Å²) in [5, 5.41) is 10.7. The van der Waals surface area contributed by atoms with Crippen LogP contribution in [0.15, 0.2) is 6.07 Å². The number of hydrogen-bond acceptors (Lipinski definition) is 8. The van der Waals surface area contributed by atoms with Crippen LogP contribution in [0.2, 0.25) is 0 Å². The molecular weight excluding hydrogens is 445 g/mol. The smallest absolute Gasteiger partial charge is 0.378 e. The molecule has 0 unspecified atom stereocenters. The second-order valence-corrected chi connectivity index (χ2v) is 9.33. The molecule has 1 aromatic heterocycles. The Morgan fingerprint density at radius 2 is 1.85 bits per heavy atom. The monoisotopic (exact) mass is 474 g/mol. The summed E-state index contributed by atoms with van der Waals surface area (Å²) in [6.07, 6.45) is -2.84. The number of hydrazine groups is 1. The molecule has 2 amide bonds. The number of carbonyl (C=O) groups is 2. The van der Waals surface area contributed by atoms with Crippen molar-refractivity contribution in [3.8, 4) is 0 Å². The van der Waals surface area contributed by atoms with Crippen molar-refractivity contribution in [1.82, 2.24) is 15.0 Å². The summed E-state index contributed by atoms with van der Waals surface area (Å²) in [6, 6.07) is 0.813. The van der Waals surface area contributed by atoms with Crippen LogP contribution in [0.3, 0.4) is 0 Å². The highest BCUT2D eigenvalue weighted by molar-refractivity contribution is 5.95. The third-order valence-electron chi connectivity index (χ3n) is 6.36.